The Morgan fingerprint density at radius 2 is 1.86 bits per heavy atom. The molecule has 0 heterocycles. The Balaban J connectivity index is 1.68. The van der Waals surface area contributed by atoms with E-state index in [1.807, 2.05) is 24.3 Å². The summed E-state index contributed by atoms with van der Waals surface area (Å²) in [7, 11) is 0. The molecule has 0 spiro atoms. The number of carbonyl (C=O) groups is 1. The summed E-state index contributed by atoms with van der Waals surface area (Å²) in [5.41, 5.74) is 1.99. The van der Waals surface area contributed by atoms with Crippen molar-refractivity contribution in [2.24, 2.45) is 0 Å². The maximum Gasteiger partial charge on any atom is 0.234 e. The van der Waals surface area contributed by atoms with Gasteiger partial charge in [0, 0.05) is 12.6 Å². The van der Waals surface area contributed by atoms with Crippen molar-refractivity contribution in [3.05, 3.63) is 35.4 Å². The Morgan fingerprint density at radius 1 is 1.14 bits per heavy atom. The van der Waals surface area contributed by atoms with E-state index in [2.05, 4.69) is 10.6 Å². The molecule has 3 N–H and O–H groups in total. The zero-order chi connectivity index (χ0) is 14.9. The van der Waals surface area contributed by atoms with E-state index in [0.29, 0.717) is 19.1 Å². The molecule has 116 valence electrons. The van der Waals surface area contributed by atoms with E-state index in [9.17, 15) is 4.79 Å². The highest BCUT2D eigenvalue weighted by atomic mass is 16.3. The van der Waals surface area contributed by atoms with Gasteiger partial charge in [-0.3, -0.25) is 4.79 Å². The fourth-order valence-corrected chi connectivity index (χ4v) is 2.86. The second-order valence-corrected chi connectivity index (χ2v) is 5.84. The summed E-state index contributed by atoms with van der Waals surface area (Å²) in [4.78, 5) is 11.9. The lowest BCUT2D eigenvalue weighted by molar-refractivity contribution is -0.121. The van der Waals surface area contributed by atoms with Crippen LogP contribution in [0.1, 0.15) is 49.7 Å². The monoisotopic (exact) mass is 290 g/mol. The molecule has 4 heteroatoms. The molecule has 0 radical (unpaired) electrons. The normalized spacial score (nSPS) is 16.4. The highest BCUT2D eigenvalue weighted by molar-refractivity contribution is 5.78. The van der Waals surface area contributed by atoms with Crippen LogP contribution in [0, 0.1) is 0 Å². The highest BCUT2D eigenvalue weighted by Crippen LogP contribution is 2.16. The first-order valence-electron chi connectivity index (χ1n) is 7.96. The Hall–Kier alpha value is -1.39. The van der Waals surface area contributed by atoms with Gasteiger partial charge in [0.15, 0.2) is 0 Å². The first-order valence-corrected chi connectivity index (χ1v) is 7.96. The number of hydrogen-bond acceptors (Lipinski definition) is 3. The van der Waals surface area contributed by atoms with Crippen molar-refractivity contribution in [2.45, 2.75) is 57.7 Å². The molecule has 0 aliphatic heterocycles. The molecule has 1 aliphatic carbocycles. The number of aliphatic hydroxyl groups is 1. The van der Waals surface area contributed by atoms with E-state index in [0.717, 1.165) is 24.0 Å². The third-order valence-corrected chi connectivity index (χ3v) is 4.01. The van der Waals surface area contributed by atoms with Gasteiger partial charge in [-0.25, -0.2) is 0 Å². The van der Waals surface area contributed by atoms with Gasteiger partial charge in [-0.15, -0.1) is 0 Å². The zero-order valence-electron chi connectivity index (χ0n) is 12.6. The molecule has 4 nitrogen and oxygen atoms in total. The van der Waals surface area contributed by atoms with E-state index in [4.69, 9.17) is 5.11 Å². The summed E-state index contributed by atoms with van der Waals surface area (Å²) in [5.74, 6) is 0.0835. The second-order valence-electron chi connectivity index (χ2n) is 5.84. The fraction of sp³-hybridized carbons (Fsp3) is 0.588. The Kier molecular flexibility index (Phi) is 6.70. The van der Waals surface area contributed by atoms with Crippen LogP contribution in [0.25, 0.3) is 0 Å². The zero-order valence-corrected chi connectivity index (χ0v) is 12.6. The molecule has 0 unspecified atom stereocenters. The summed E-state index contributed by atoms with van der Waals surface area (Å²) in [5, 5.41) is 15.4. The number of rotatable bonds is 6. The number of carbonyl (C=O) groups excluding carboxylic acids is 1. The van der Waals surface area contributed by atoms with Crippen molar-refractivity contribution in [1.82, 2.24) is 10.6 Å². The van der Waals surface area contributed by atoms with Gasteiger partial charge in [0.25, 0.3) is 0 Å². The van der Waals surface area contributed by atoms with Crippen molar-refractivity contribution < 1.29 is 9.90 Å². The van der Waals surface area contributed by atoms with Crippen LogP contribution in [-0.4, -0.2) is 23.6 Å². The molecule has 1 saturated carbocycles. The lowest BCUT2D eigenvalue weighted by Crippen LogP contribution is -2.40. The van der Waals surface area contributed by atoms with Crippen molar-refractivity contribution in [1.29, 1.82) is 0 Å². The Labute approximate surface area is 126 Å². The minimum absolute atomic E-state index is 0.0516. The SMILES string of the molecule is O=C(CNCc1cccc(CO)c1)NC1CCCCCC1. The number of benzene rings is 1. The molecule has 0 bridgehead atoms. The summed E-state index contributed by atoms with van der Waals surface area (Å²) in [6.45, 7) is 1.04. The molecule has 0 aromatic heterocycles. The van der Waals surface area contributed by atoms with Gasteiger partial charge in [-0.2, -0.15) is 0 Å². The van der Waals surface area contributed by atoms with E-state index < -0.39 is 0 Å². The lowest BCUT2D eigenvalue weighted by Gasteiger charge is -2.16. The molecule has 1 aromatic carbocycles. The smallest absolute Gasteiger partial charge is 0.234 e. The first kappa shape index (κ1) is 16.0. The molecule has 1 aliphatic rings. The van der Waals surface area contributed by atoms with Crippen LogP contribution in [-0.2, 0) is 17.9 Å². The molecule has 0 saturated heterocycles. The molecule has 1 fully saturated rings. The predicted octanol–water partition coefficient (Wildman–Crippen LogP) is 2.11. The topological polar surface area (TPSA) is 61.4 Å². The van der Waals surface area contributed by atoms with Crippen molar-refractivity contribution in [3.63, 3.8) is 0 Å². The number of aliphatic hydroxyl groups excluding tert-OH is 1. The maximum absolute atomic E-state index is 11.9. The van der Waals surface area contributed by atoms with Gasteiger partial charge < -0.3 is 15.7 Å². The Bertz CT molecular complexity index is 440. The number of hydrogen-bond donors (Lipinski definition) is 3. The average molecular weight is 290 g/mol. The van der Waals surface area contributed by atoms with Crippen molar-refractivity contribution in [2.75, 3.05) is 6.54 Å². The maximum atomic E-state index is 11.9. The van der Waals surface area contributed by atoms with Crippen LogP contribution in [0.5, 0.6) is 0 Å². The van der Waals surface area contributed by atoms with Gasteiger partial charge in [0.05, 0.1) is 13.2 Å². The van der Waals surface area contributed by atoms with Crippen LogP contribution >= 0.6 is 0 Å². The molecular weight excluding hydrogens is 264 g/mol. The standard InChI is InChI=1S/C17H26N2O2/c20-13-15-7-5-6-14(10-15)11-18-12-17(21)19-16-8-3-1-2-4-9-16/h5-7,10,16,18,20H,1-4,8-9,11-13H2,(H,19,21). The van der Waals surface area contributed by atoms with Gasteiger partial charge >= 0.3 is 0 Å². The minimum Gasteiger partial charge on any atom is -0.392 e. The molecule has 1 amide bonds. The lowest BCUT2D eigenvalue weighted by atomic mass is 10.1. The van der Waals surface area contributed by atoms with E-state index in [1.165, 1.54) is 25.7 Å². The van der Waals surface area contributed by atoms with Crippen LogP contribution in [0.3, 0.4) is 0 Å². The minimum atomic E-state index is 0.0516. The van der Waals surface area contributed by atoms with Crippen LogP contribution in [0.4, 0.5) is 0 Å². The van der Waals surface area contributed by atoms with Gasteiger partial charge in [0.2, 0.25) is 5.91 Å². The quantitative estimate of drug-likeness (QED) is 0.703. The van der Waals surface area contributed by atoms with Gasteiger partial charge in [0.1, 0.15) is 0 Å². The highest BCUT2D eigenvalue weighted by Gasteiger charge is 2.14. The molecule has 2 rings (SSSR count). The predicted molar refractivity (Wildman–Crippen MR) is 83.7 cm³/mol. The van der Waals surface area contributed by atoms with Crippen molar-refractivity contribution >= 4 is 5.91 Å². The third-order valence-electron chi connectivity index (χ3n) is 4.01. The van der Waals surface area contributed by atoms with E-state index in [1.54, 1.807) is 0 Å². The first-order chi connectivity index (χ1) is 10.3. The number of nitrogens with one attached hydrogen (secondary N) is 2. The molecule has 0 atom stereocenters. The molecule has 21 heavy (non-hydrogen) atoms. The summed E-state index contributed by atoms with van der Waals surface area (Å²) in [6, 6.07) is 8.13. The van der Waals surface area contributed by atoms with Gasteiger partial charge in [-0.05, 0) is 24.0 Å². The number of amides is 1. The molecular formula is C17H26N2O2. The second kappa shape index (κ2) is 8.80. The van der Waals surface area contributed by atoms with E-state index in [-0.39, 0.29) is 12.5 Å². The summed E-state index contributed by atoms with van der Waals surface area (Å²) in [6.07, 6.45) is 7.28. The Morgan fingerprint density at radius 3 is 2.57 bits per heavy atom. The molecule has 1 aromatic rings. The largest absolute Gasteiger partial charge is 0.392 e. The van der Waals surface area contributed by atoms with Crippen LogP contribution < -0.4 is 10.6 Å². The summed E-state index contributed by atoms with van der Waals surface area (Å²) < 4.78 is 0. The van der Waals surface area contributed by atoms with Gasteiger partial charge in [-0.1, -0.05) is 49.9 Å². The van der Waals surface area contributed by atoms with E-state index >= 15 is 0 Å². The average Bonchev–Trinajstić information content (AvgIpc) is 2.76. The van der Waals surface area contributed by atoms with Crippen LogP contribution in [0.15, 0.2) is 24.3 Å². The summed E-state index contributed by atoms with van der Waals surface area (Å²) >= 11 is 0. The van der Waals surface area contributed by atoms with Crippen molar-refractivity contribution in [3.8, 4) is 0 Å². The fourth-order valence-electron chi connectivity index (χ4n) is 2.86. The third kappa shape index (κ3) is 5.86. The van der Waals surface area contributed by atoms with Crippen LogP contribution in [0.2, 0.25) is 0 Å².